The Labute approximate surface area is 97.8 Å². The van der Waals surface area contributed by atoms with Crippen LogP contribution in [0.1, 0.15) is 13.3 Å². The van der Waals surface area contributed by atoms with Crippen molar-refractivity contribution >= 4 is 5.97 Å². The molecule has 1 saturated heterocycles. The fourth-order valence-electron chi connectivity index (χ4n) is 1.74. The molecule has 0 aromatic rings. The van der Waals surface area contributed by atoms with Crippen LogP contribution in [0, 0.1) is 0 Å². The summed E-state index contributed by atoms with van der Waals surface area (Å²) in [6.45, 7) is 1.38. The molecule has 6 atom stereocenters. The molecule has 0 aromatic heterocycles. The van der Waals surface area contributed by atoms with Crippen molar-refractivity contribution in [2.24, 2.45) is 11.5 Å². The summed E-state index contributed by atoms with van der Waals surface area (Å²) >= 11 is 0. The van der Waals surface area contributed by atoms with Crippen LogP contribution < -0.4 is 11.5 Å². The van der Waals surface area contributed by atoms with Gasteiger partial charge in [0, 0.05) is 6.42 Å². The van der Waals surface area contributed by atoms with Gasteiger partial charge in [-0.05, 0) is 6.92 Å². The van der Waals surface area contributed by atoms with Crippen molar-refractivity contribution in [3.8, 4) is 0 Å². The van der Waals surface area contributed by atoms with Gasteiger partial charge in [-0.2, -0.15) is 0 Å². The van der Waals surface area contributed by atoms with Gasteiger partial charge in [0.15, 0.2) is 0 Å². The normalized spacial score (nSPS) is 41.9. The lowest BCUT2D eigenvalue weighted by atomic mass is 9.89. The first-order valence-corrected chi connectivity index (χ1v) is 5.20. The fraction of sp³-hybridized carbons (Fsp3) is 0.889. The zero-order valence-electron chi connectivity index (χ0n) is 9.35. The number of hydrogen-bond acceptors (Lipinski definition) is 7. The molecular weight excluding hydrogens is 232 g/mol. The Kier molecular flexibility index (Phi) is 4.07. The van der Waals surface area contributed by atoms with Crippen LogP contribution in [-0.2, 0) is 9.53 Å². The summed E-state index contributed by atoms with van der Waals surface area (Å²) in [4.78, 5) is 10.8. The summed E-state index contributed by atoms with van der Waals surface area (Å²) in [6, 6.07) is -1.98. The molecule has 100 valence electrons. The van der Waals surface area contributed by atoms with Crippen LogP contribution in [0.3, 0.4) is 0 Å². The fourth-order valence-corrected chi connectivity index (χ4v) is 1.74. The van der Waals surface area contributed by atoms with Crippen molar-refractivity contribution < 1.29 is 30.0 Å². The van der Waals surface area contributed by atoms with Gasteiger partial charge < -0.3 is 36.6 Å². The molecule has 1 heterocycles. The molecule has 8 heteroatoms. The number of hydrogen-bond donors (Lipinski definition) is 6. The largest absolute Gasteiger partial charge is 0.477 e. The molecule has 0 aromatic carbocycles. The van der Waals surface area contributed by atoms with Gasteiger partial charge in [0.2, 0.25) is 0 Å². The summed E-state index contributed by atoms with van der Waals surface area (Å²) in [6.07, 6.45) is -4.00. The summed E-state index contributed by atoms with van der Waals surface area (Å²) in [5.41, 5.74) is 11.2. The topological polar surface area (TPSA) is 159 Å². The zero-order chi connectivity index (χ0) is 13.4. The number of aliphatic hydroxyl groups excluding tert-OH is 2. The van der Waals surface area contributed by atoms with Crippen LogP contribution in [-0.4, -0.2) is 62.6 Å². The van der Waals surface area contributed by atoms with E-state index in [1.807, 2.05) is 0 Å². The maximum atomic E-state index is 10.8. The molecule has 0 bridgehead atoms. The summed E-state index contributed by atoms with van der Waals surface area (Å²) in [7, 11) is 0. The highest BCUT2D eigenvalue weighted by molar-refractivity contribution is 5.75. The molecule has 0 amide bonds. The first-order valence-electron chi connectivity index (χ1n) is 5.20. The Morgan fingerprint density at radius 3 is 2.53 bits per heavy atom. The number of ether oxygens (including phenoxy) is 1. The van der Waals surface area contributed by atoms with Gasteiger partial charge in [-0.25, -0.2) is 4.79 Å². The van der Waals surface area contributed by atoms with Crippen LogP contribution >= 0.6 is 0 Å². The minimum absolute atomic E-state index is 0.549. The van der Waals surface area contributed by atoms with Crippen molar-refractivity contribution in [1.82, 2.24) is 0 Å². The van der Waals surface area contributed by atoms with Crippen LogP contribution in [0.25, 0.3) is 0 Å². The molecule has 0 spiro atoms. The minimum Gasteiger partial charge on any atom is -0.477 e. The Morgan fingerprint density at radius 2 is 2.12 bits per heavy atom. The van der Waals surface area contributed by atoms with E-state index in [0.717, 1.165) is 0 Å². The Morgan fingerprint density at radius 1 is 1.59 bits per heavy atom. The summed E-state index contributed by atoms with van der Waals surface area (Å²) < 4.78 is 4.93. The second-order valence-corrected chi connectivity index (χ2v) is 4.34. The molecule has 1 rings (SSSR count). The third-order valence-electron chi connectivity index (χ3n) is 2.91. The van der Waals surface area contributed by atoms with Gasteiger partial charge >= 0.3 is 5.97 Å². The number of carboxylic acid groups (broad SMARTS) is 1. The number of carboxylic acids is 1. The predicted octanol–water partition coefficient (Wildman–Crippen LogP) is -3.06. The van der Waals surface area contributed by atoms with Gasteiger partial charge in [0.05, 0.1) is 30.4 Å². The third-order valence-corrected chi connectivity index (χ3v) is 2.91. The second-order valence-electron chi connectivity index (χ2n) is 4.34. The molecule has 1 aliphatic rings. The molecule has 8 N–H and O–H groups in total. The maximum absolute atomic E-state index is 10.8. The number of aliphatic hydroxyl groups is 3. The molecule has 0 unspecified atom stereocenters. The highest BCUT2D eigenvalue weighted by Gasteiger charge is 2.51. The minimum atomic E-state index is -2.54. The first-order chi connectivity index (χ1) is 7.69. The molecule has 8 nitrogen and oxygen atoms in total. The van der Waals surface area contributed by atoms with Gasteiger partial charge in [0.25, 0.3) is 5.79 Å². The molecule has 0 saturated carbocycles. The van der Waals surface area contributed by atoms with E-state index < -0.39 is 48.6 Å². The number of rotatable bonds is 3. The van der Waals surface area contributed by atoms with Crippen LogP contribution in [0.15, 0.2) is 0 Å². The summed E-state index contributed by atoms with van der Waals surface area (Å²) in [5.74, 6) is -4.17. The Hall–Kier alpha value is -0.770. The van der Waals surface area contributed by atoms with E-state index in [1.54, 1.807) is 0 Å². The van der Waals surface area contributed by atoms with Crippen molar-refractivity contribution in [2.45, 2.75) is 49.5 Å². The van der Waals surface area contributed by atoms with E-state index in [9.17, 15) is 20.1 Å². The highest BCUT2D eigenvalue weighted by Crippen LogP contribution is 2.28. The molecule has 17 heavy (non-hydrogen) atoms. The predicted molar refractivity (Wildman–Crippen MR) is 55.7 cm³/mol. The lowest BCUT2D eigenvalue weighted by Crippen LogP contribution is -2.66. The number of aliphatic carboxylic acids is 1. The summed E-state index contributed by atoms with van der Waals surface area (Å²) in [5, 5.41) is 37.4. The molecule has 1 aliphatic heterocycles. The average Bonchev–Trinajstić information content (AvgIpc) is 2.22. The van der Waals surface area contributed by atoms with E-state index in [2.05, 4.69) is 0 Å². The number of nitrogens with two attached hydrogens (primary N) is 2. The maximum Gasteiger partial charge on any atom is 0.364 e. The average molecular weight is 250 g/mol. The number of carbonyl (C=O) groups is 1. The van der Waals surface area contributed by atoms with Crippen molar-refractivity contribution in [3.05, 3.63) is 0 Å². The monoisotopic (exact) mass is 250 g/mol. The quantitative estimate of drug-likeness (QED) is 0.308. The van der Waals surface area contributed by atoms with Crippen molar-refractivity contribution in [1.29, 1.82) is 0 Å². The van der Waals surface area contributed by atoms with Crippen LogP contribution in [0.2, 0.25) is 0 Å². The van der Waals surface area contributed by atoms with Gasteiger partial charge in [0.1, 0.15) is 0 Å². The molecular formula is C9H18N2O6. The van der Waals surface area contributed by atoms with Crippen molar-refractivity contribution in [2.75, 3.05) is 0 Å². The standard InChI is InChI=1S/C9H18N2O6/c1-3(12)5(10)7-6(11)4(13)2-9(16,17-7)8(14)15/h3-7,12-13,16H,2,10-11H2,1H3,(H,14,15)/t3-,4-,5-,6+,7-,9+/m0/s1. The van der Waals surface area contributed by atoms with E-state index >= 15 is 0 Å². The lowest BCUT2D eigenvalue weighted by molar-refractivity contribution is -0.279. The molecule has 0 radical (unpaired) electrons. The van der Waals surface area contributed by atoms with Gasteiger partial charge in [-0.3, -0.25) is 0 Å². The lowest BCUT2D eigenvalue weighted by Gasteiger charge is -2.43. The second kappa shape index (κ2) is 4.84. The smallest absolute Gasteiger partial charge is 0.364 e. The van der Waals surface area contributed by atoms with E-state index in [4.69, 9.17) is 21.3 Å². The zero-order valence-corrected chi connectivity index (χ0v) is 9.35. The Bertz CT molecular complexity index is 295. The van der Waals surface area contributed by atoms with E-state index in [1.165, 1.54) is 6.92 Å². The SMILES string of the molecule is C[C@H](O)[C@H](N)[C@@H]1O[C@@](O)(C(=O)O)C[C@H](O)[C@H]1N. The van der Waals surface area contributed by atoms with Crippen molar-refractivity contribution in [3.63, 3.8) is 0 Å². The van der Waals surface area contributed by atoms with E-state index in [0.29, 0.717) is 0 Å². The van der Waals surface area contributed by atoms with Gasteiger partial charge in [-0.15, -0.1) is 0 Å². The molecule has 0 aliphatic carbocycles. The first kappa shape index (κ1) is 14.3. The van der Waals surface area contributed by atoms with E-state index in [-0.39, 0.29) is 0 Å². The van der Waals surface area contributed by atoms with Crippen LogP contribution in [0.4, 0.5) is 0 Å². The third kappa shape index (κ3) is 2.73. The Balaban J connectivity index is 2.93. The van der Waals surface area contributed by atoms with Gasteiger partial charge in [-0.1, -0.05) is 0 Å². The van der Waals surface area contributed by atoms with Crippen LogP contribution in [0.5, 0.6) is 0 Å². The molecule has 1 fully saturated rings. The highest BCUT2D eigenvalue weighted by atomic mass is 16.7.